The Morgan fingerprint density at radius 3 is 2.80 bits per heavy atom. The lowest BCUT2D eigenvalue weighted by Gasteiger charge is -2.31. The summed E-state index contributed by atoms with van der Waals surface area (Å²) in [6.45, 7) is 5.33. The minimum Gasteiger partial charge on any atom is -0.356 e. The van der Waals surface area contributed by atoms with Crippen molar-refractivity contribution in [2.24, 2.45) is 10.9 Å². The lowest BCUT2D eigenvalue weighted by atomic mass is 10.00. The van der Waals surface area contributed by atoms with Gasteiger partial charge in [0.25, 0.3) is 0 Å². The third kappa shape index (κ3) is 6.58. The molecule has 1 unspecified atom stereocenters. The molecule has 1 heterocycles. The number of guanidine groups is 1. The van der Waals surface area contributed by atoms with E-state index in [0.717, 1.165) is 43.1 Å². The molecule has 1 atom stereocenters. The lowest BCUT2D eigenvalue weighted by molar-refractivity contribution is -0.132. The standard InChI is InChI=1S/C19H29ClN4O/c1-15-6-5-13-24(14-15)18(25)10-12-23-19(21-2)22-11-9-16-7-3-4-8-17(16)20/h3-4,7-8,15H,5-6,9-14H2,1-2H3,(H2,21,22,23). The van der Waals surface area contributed by atoms with Crippen molar-refractivity contribution in [1.29, 1.82) is 0 Å². The summed E-state index contributed by atoms with van der Waals surface area (Å²) in [6, 6.07) is 7.84. The third-order valence-corrected chi connectivity index (χ3v) is 4.88. The van der Waals surface area contributed by atoms with Crippen LogP contribution in [0.3, 0.4) is 0 Å². The average molecular weight is 365 g/mol. The Balaban J connectivity index is 1.66. The van der Waals surface area contributed by atoms with Crippen LogP contribution < -0.4 is 10.6 Å². The Hall–Kier alpha value is -1.75. The van der Waals surface area contributed by atoms with Gasteiger partial charge >= 0.3 is 0 Å². The van der Waals surface area contributed by atoms with Gasteiger partial charge in [0.15, 0.2) is 5.96 Å². The van der Waals surface area contributed by atoms with Gasteiger partial charge in [0.1, 0.15) is 0 Å². The number of benzene rings is 1. The zero-order valence-electron chi connectivity index (χ0n) is 15.2. The van der Waals surface area contributed by atoms with Crippen molar-refractivity contribution in [2.45, 2.75) is 32.6 Å². The lowest BCUT2D eigenvalue weighted by Crippen LogP contribution is -2.42. The molecule has 138 valence electrons. The van der Waals surface area contributed by atoms with Crippen molar-refractivity contribution >= 4 is 23.5 Å². The Kier molecular flexibility index (Phi) is 8.06. The summed E-state index contributed by atoms with van der Waals surface area (Å²) in [5.74, 6) is 1.56. The molecule has 25 heavy (non-hydrogen) atoms. The summed E-state index contributed by atoms with van der Waals surface area (Å²) in [5, 5.41) is 7.26. The zero-order valence-corrected chi connectivity index (χ0v) is 16.0. The Labute approximate surface area is 155 Å². The predicted molar refractivity (Wildman–Crippen MR) is 104 cm³/mol. The molecule has 1 aromatic rings. The largest absolute Gasteiger partial charge is 0.356 e. The maximum absolute atomic E-state index is 12.3. The van der Waals surface area contributed by atoms with Gasteiger partial charge in [-0.2, -0.15) is 0 Å². The second kappa shape index (κ2) is 10.3. The minimum absolute atomic E-state index is 0.227. The first-order chi connectivity index (χ1) is 12.1. The molecule has 0 aliphatic carbocycles. The fourth-order valence-electron chi connectivity index (χ4n) is 3.10. The molecule has 0 bridgehead atoms. The molecule has 5 nitrogen and oxygen atoms in total. The van der Waals surface area contributed by atoms with Gasteiger partial charge in [0, 0.05) is 44.7 Å². The summed E-state index contributed by atoms with van der Waals surface area (Å²) in [5.41, 5.74) is 1.11. The molecule has 1 aliphatic rings. The number of likely N-dealkylation sites (tertiary alicyclic amines) is 1. The highest BCUT2D eigenvalue weighted by atomic mass is 35.5. The molecule has 1 amide bonds. The fraction of sp³-hybridized carbons (Fsp3) is 0.579. The second-order valence-corrected chi connectivity index (χ2v) is 7.01. The average Bonchev–Trinajstić information content (AvgIpc) is 2.61. The number of carbonyl (C=O) groups excluding carboxylic acids is 1. The molecule has 6 heteroatoms. The van der Waals surface area contributed by atoms with Crippen LogP contribution in [0.1, 0.15) is 31.7 Å². The van der Waals surface area contributed by atoms with Gasteiger partial charge in [-0.3, -0.25) is 9.79 Å². The normalized spacial score (nSPS) is 18.1. The number of carbonyl (C=O) groups is 1. The van der Waals surface area contributed by atoms with Crippen LogP contribution in [-0.2, 0) is 11.2 Å². The Morgan fingerprint density at radius 1 is 1.32 bits per heavy atom. The SMILES string of the molecule is CN=C(NCCC(=O)N1CCCC(C)C1)NCCc1ccccc1Cl. The van der Waals surface area contributed by atoms with Crippen LogP contribution in [0.15, 0.2) is 29.3 Å². The van der Waals surface area contributed by atoms with E-state index in [4.69, 9.17) is 11.6 Å². The van der Waals surface area contributed by atoms with E-state index in [2.05, 4.69) is 22.5 Å². The van der Waals surface area contributed by atoms with Gasteiger partial charge in [-0.15, -0.1) is 0 Å². The first kappa shape index (κ1) is 19.6. The van der Waals surface area contributed by atoms with E-state index in [1.54, 1.807) is 7.05 Å². The van der Waals surface area contributed by atoms with E-state index in [9.17, 15) is 4.79 Å². The monoisotopic (exact) mass is 364 g/mol. The third-order valence-electron chi connectivity index (χ3n) is 4.51. The predicted octanol–water partition coefficient (Wildman–Crippen LogP) is 2.70. The molecule has 2 N–H and O–H groups in total. The molecular weight excluding hydrogens is 336 g/mol. The quantitative estimate of drug-likeness (QED) is 0.602. The van der Waals surface area contributed by atoms with Gasteiger partial charge in [-0.05, 0) is 36.8 Å². The van der Waals surface area contributed by atoms with Crippen molar-refractivity contribution < 1.29 is 4.79 Å². The van der Waals surface area contributed by atoms with Crippen molar-refractivity contribution in [3.63, 3.8) is 0 Å². The second-order valence-electron chi connectivity index (χ2n) is 6.60. The smallest absolute Gasteiger partial charge is 0.224 e. The van der Waals surface area contributed by atoms with Crippen LogP contribution in [-0.4, -0.2) is 50.0 Å². The number of hydrogen-bond acceptors (Lipinski definition) is 2. The highest BCUT2D eigenvalue weighted by Crippen LogP contribution is 2.16. The Morgan fingerprint density at radius 2 is 2.08 bits per heavy atom. The first-order valence-corrected chi connectivity index (χ1v) is 9.43. The van der Waals surface area contributed by atoms with E-state index < -0.39 is 0 Å². The molecule has 0 spiro atoms. The van der Waals surface area contributed by atoms with Crippen molar-refractivity contribution in [3.8, 4) is 0 Å². The number of rotatable bonds is 6. The molecular formula is C19H29ClN4O. The van der Waals surface area contributed by atoms with Gasteiger partial charge < -0.3 is 15.5 Å². The van der Waals surface area contributed by atoms with Crippen LogP contribution >= 0.6 is 11.6 Å². The maximum atomic E-state index is 12.3. The number of aliphatic imine (C=N–C) groups is 1. The topological polar surface area (TPSA) is 56.7 Å². The molecule has 2 rings (SSSR count). The number of hydrogen-bond donors (Lipinski definition) is 2. The number of halogens is 1. The molecule has 1 aromatic carbocycles. The van der Waals surface area contributed by atoms with Gasteiger partial charge in [0.05, 0.1) is 0 Å². The molecule has 0 aromatic heterocycles. The van der Waals surface area contributed by atoms with Crippen LogP contribution in [0.25, 0.3) is 0 Å². The van der Waals surface area contributed by atoms with E-state index in [-0.39, 0.29) is 5.91 Å². The summed E-state index contributed by atoms with van der Waals surface area (Å²) < 4.78 is 0. The van der Waals surface area contributed by atoms with E-state index in [1.165, 1.54) is 6.42 Å². The summed E-state index contributed by atoms with van der Waals surface area (Å²) in [6.07, 6.45) is 3.67. The molecule has 0 radical (unpaired) electrons. The van der Waals surface area contributed by atoms with Gasteiger partial charge in [-0.1, -0.05) is 36.7 Å². The maximum Gasteiger partial charge on any atom is 0.224 e. The summed E-state index contributed by atoms with van der Waals surface area (Å²) in [4.78, 5) is 18.5. The molecule has 1 fully saturated rings. The Bertz CT molecular complexity index is 591. The van der Waals surface area contributed by atoms with Crippen LogP contribution in [0.2, 0.25) is 5.02 Å². The van der Waals surface area contributed by atoms with E-state index in [1.807, 2.05) is 29.2 Å². The van der Waals surface area contributed by atoms with Crippen molar-refractivity contribution in [2.75, 3.05) is 33.2 Å². The number of amides is 1. The van der Waals surface area contributed by atoms with Crippen molar-refractivity contribution in [3.05, 3.63) is 34.9 Å². The summed E-state index contributed by atoms with van der Waals surface area (Å²) in [7, 11) is 1.74. The van der Waals surface area contributed by atoms with Crippen molar-refractivity contribution in [1.82, 2.24) is 15.5 Å². The van der Waals surface area contributed by atoms with Gasteiger partial charge in [0.2, 0.25) is 5.91 Å². The fourth-order valence-corrected chi connectivity index (χ4v) is 3.33. The highest BCUT2D eigenvalue weighted by molar-refractivity contribution is 6.31. The number of nitrogens with zero attached hydrogens (tertiary/aromatic N) is 2. The van der Waals surface area contributed by atoms with Gasteiger partial charge in [-0.25, -0.2) is 0 Å². The first-order valence-electron chi connectivity index (χ1n) is 9.06. The number of nitrogens with one attached hydrogen (secondary N) is 2. The molecule has 1 saturated heterocycles. The van der Waals surface area contributed by atoms with E-state index >= 15 is 0 Å². The number of piperidine rings is 1. The van der Waals surface area contributed by atoms with Crippen LogP contribution in [0, 0.1) is 5.92 Å². The zero-order chi connectivity index (χ0) is 18.1. The molecule has 0 saturated carbocycles. The molecule has 1 aliphatic heterocycles. The van der Waals surface area contributed by atoms with Crippen LogP contribution in [0.4, 0.5) is 0 Å². The van der Waals surface area contributed by atoms with E-state index in [0.29, 0.717) is 24.8 Å². The highest BCUT2D eigenvalue weighted by Gasteiger charge is 2.20. The minimum atomic E-state index is 0.227. The van der Waals surface area contributed by atoms with Crippen LogP contribution in [0.5, 0.6) is 0 Å². The summed E-state index contributed by atoms with van der Waals surface area (Å²) >= 11 is 6.16.